The SMILES string of the molecule is CC(C)C(C)(C)CP(C)(=O)O.CC1C(=O)N(CCC(=O)O)C(=O)C1C.CC1C(=O)N(CCOP(=O)(O)O)C(=O)C1C. The van der Waals surface area contributed by atoms with E-state index in [1.54, 1.807) is 27.7 Å². The highest BCUT2D eigenvalue weighted by molar-refractivity contribution is 7.57. The molecular formula is C25H46N2O12P2. The largest absolute Gasteiger partial charge is 0.481 e. The molecule has 0 aromatic rings. The Hall–Kier alpha value is -1.95. The molecule has 2 aliphatic heterocycles. The number of imide groups is 2. The Morgan fingerprint density at radius 3 is 1.41 bits per heavy atom. The number of aliphatic carboxylic acids is 1. The van der Waals surface area contributed by atoms with E-state index in [1.165, 1.54) is 6.66 Å². The summed E-state index contributed by atoms with van der Waals surface area (Å²) in [6.45, 7) is 15.8. The van der Waals surface area contributed by atoms with Gasteiger partial charge in [-0.1, -0.05) is 55.4 Å². The van der Waals surface area contributed by atoms with Crippen LogP contribution >= 0.6 is 15.2 Å². The summed E-state index contributed by atoms with van der Waals surface area (Å²) in [6, 6.07) is 0. The number of carboxylic acids is 1. The zero-order valence-corrected chi connectivity index (χ0v) is 27.1. The summed E-state index contributed by atoms with van der Waals surface area (Å²) in [7, 11) is -7.38. The van der Waals surface area contributed by atoms with Crippen LogP contribution < -0.4 is 0 Å². The first-order valence-corrected chi connectivity index (χ1v) is 17.1. The molecule has 2 fully saturated rings. The van der Waals surface area contributed by atoms with E-state index in [4.69, 9.17) is 19.8 Å². The average Bonchev–Trinajstić information content (AvgIpc) is 3.10. The summed E-state index contributed by atoms with van der Waals surface area (Å²) in [4.78, 5) is 84.3. The molecule has 238 valence electrons. The van der Waals surface area contributed by atoms with Crippen LogP contribution in [0.1, 0.15) is 61.8 Å². The Balaban J connectivity index is 0.000000597. The van der Waals surface area contributed by atoms with Gasteiger partial charge in [-0.25, -0.2) is 4.57 Å². The molecule has 16 heteroatoms. The first-order valence-electron chi connectivity index (χ1n) is 13.3. The number of rotatable bonds is 10. The number of phosphoric ester groups is 1. The van der Waals surface area contributed by atoms with Crippen molar-refractivity contribution in [3.05, 3.63) is 0 Å². The molecule has 2 saturated heterocycles. The van der Waals surface area contributed by atoms with Crippen molar-refractivity contribution >= 4 is 44.8 Å². The molecule has 0 aromatic heterocycles. The van der Waals surface area contributed by atoms with Crippen LogP contribution in [-0.4, -0.2) is 91.7 Å². The van der Waals surface area contributed by atoms with Gasteiger partial charge in [0.2, 0.25) is 23.6 Å². The van der Waals surface area contributed by atoms with Crippen LogP contribution in [0.25, 0.3) is 0 Å². The second-order valence-electron chi connectivity index (χ2n) is 11.6. The number of carbonyl (C=O) groups excluding carboxylic acids is 4. The lowest BCUT2D eigenvalue weighted by molar-refractivity contribution is -0.143. The molecule has 0 spiro atoms. The lowest BCUT2D eigenvalue weighted by atomic mass is 9.83. The minimum absolute atomic E-state index is 0.0122. The summed E-state index contributed by atoms with van der Waals surface area (Å²) < 4.78 is 25.6. The van der Waals surface area contributed by atoms with Crippen molar-refractivity contribution in [2.45, 2.75) is 61.8 Å². The van der Waals surface area contributed by atoms with Gasteiger partial charge < -0.3 is 19.8 Å². The summed E-state index contributed by atoms with van der Waals surface area (Å²) in [5, 5.41) is 8.43. The van der Waals surface area contributed by atoms with E-state index in [0.717, 1.165) is 9.80 Å². The second-order valence-corrected chi connectivity index (χ2v) is 15.3. The molecule has 0 bridgehead atoms. The van der Waals surface area contributed by atoms with E-state index in [0.29, 0.717) is 12.1 Å². The molecule has 2 aliphatic rings. The van der Waals surface area contributed by atoms with E-state index in [9.17, 15) is 33.1 Å². The van der Waals surface area contributed by atoms with Gasteiger partial charge >= 0.3 is 13.8 Å². The Labute approximate surface area is 241 Å². The van der Waals surface area contributed by atoms with Crippen molar-refractivity contribution in [3.63, 3.8) is 0 Å². The summed E-state index contributed by atoms with van der Waals surface area (Å²) in [5.41, 5.74) is -0.0287. The van der Waals surface area contributed by atoms with Crippen molar-refractivity contribution in [1.29, 1.82) is 0 Å². The minimum Gasteiger partial charge on any atom is -0.481 e. The van der Waals surface area contributed by atoms with Crippen LogP contribution in [0.5, 0.6) is 0 Å². The quantitative estimate of drug-likeness (QED) is 0.203. The number of carboxylic acid groups (broad SMARTS) is 1. The van der Waals surface area contributed by atoms with E-state index in [-0.39, 0.29) is 78.8 Å². The fraction of sp³-hybridized carbons (Fsp3) is 0.800. The fourth-order valence-corrected chi connectivity index (χ4v) is 6.09. The highest BCUT2D eigenvalue weighted by atomic mass is 31.2. The highest BCUT2D eigenvalue weighted by Crippen LogP contribution is 2.45. The van der Waals surface area contributed by atoms with Gasteiger partial charge in [0.25, 0.3) is 0 Å². The normalized spacial score (nSPS) is 24.6. The summed E-state index contributed by atoms with van der Waals surface area (Å²) in [5.74, 6) is -3.15. The number of carbonyl (C=O) groups is 5. The Morgan fingerprint density at radius 2 is 1.17 bits per heavy atom. The topological polar surface area (TPSA) is 216 Å². The van der Waals surface area contributed by atoms with E-state index in [2.05, 4.69) is 18.4 Å². The average molecular weight is 629 g/mol. The van der Waals surface area contributed by atoms with Crippen molar-refractivity contribution in [2.24, 2.45) is 35.0 Å². The Bertz CT molecular complexity index is 1020. The number of amides is 4. The maximum Gasteiger partial charge on any atom is 0.469 e. The number of phosphoric acid groups is 1. The second kappa shape index (κ2) is 15.5. The molecule has 14 nitrogen and oxygen atoms in total. The lowest BCUT2D eigenvalue weighted by Crippen LogP contribution is -2.33. The molecular weight excluding hydrogens is 582 g/mol. The molecule has 41 heavy (non-hydrogen) atoms. The van der Waals surface area contributed by atoms with Gasteiger partial charge in [-0.15, -0.1) is 0 Å². The van der Waals surface area contributed by atoms with E-state index >= 15 is 0 Å². The molecule has 5 unspecified atom stereocenters. The zero-order chi connectivity index (χ0) is 32.7. The minimum atomic E-state index is -4.54. The number of likely N-dealkylation sites (tertiary alicyclic amines) is 2. The van der Waals surface area contributed by atoms with E-state index in [1.807, 2.05) is 13.8 Å². The summed E-state index contributed by atoms with van der Waals surface area (Å²) in [6.07, 6.45) is 0.231. The molecule has 0 radical (unpaired) electrons. The van der Waals surface area contributed by atoms with Gasteiger partial charge in [0.1, 0.15) is 0 Å². The first kappa shape index (κ1) is 39.0. The fourth-order valence-electron chi connectivity index (χ4n) is 3.89. The van der Waals surface area contributed by atoms with Gasteiger partial charge in [0, 0.05) is 43.0 Å². The monoisotopic (exact) mass is 628 g/mol. The van der Waals surface area contributed by atoms with Crippen molar-refractivity contribution in [2.75, 3.05) is 32.5 Å². The molecule has 4 amide bonds. The van der Waals surface area contributed by atoms with Crippen LogP contribution in [0.15, 0.2) is 0 Å². The van der Waals surface area contributed by atoms with Gasteiger partial charge in [0.05, 0.1) is 19.6 Å². The predicted molar refractivity (Wildman–Crippen MR) is 150 cm³/mol. The molecule has 2 rings (SSSR count). The molecule has 0 aliphatic carbocycles. The molecule has 2 heterocycles. The first-order chi connectivity index (χ1) is 18.3. The van der Waals surface area contributed by atoms with Crippen LogP contribution in [0.3, 0.4) is 0 Å². The molecule has 0 aromatic carbocycles. The Kier molecular flexibility index (Phi) is 14.8. The lowest BCUT2D eigenvalue weighted by Gasteiger charge is -2.29. The zero-order valence-electron chi connectivity index (χ0n) is 25.3. The third-order valence-electron chi connectivity index (χ3n) is 7.51. The van der Waals surface area contributed by atoms with Gasteiger partial charge in [0.15, 0.2) is 7.37 Å². The molecule has 5 atom stereocenters. The third kappa shape index (κ3) is 12.8. The number of hydrogen-bond donors (Lipinski definition) is 4. The molecule has 0 saturated carbocycles. The smallest absolute Gasteiger partial charge is 0.469 e. The van der Waals surface area contributed by atoms with Crippen LogP contribution in [0.2, 0.25) is 0 Å². The number of nitrogens with zero attached hydrogens (tertiary/aromatic N) is 2. The van der Waals surface area contributed by atoms with Gasteiger partial charge in [-0.3, -0.25) is 42.9 Å². The van der Waals surface area contributed by atoms with Crippen molar-refractivity contribution < 1.29 is 57.4 Å². The van der Waals surface area contributed by atoms with Crippen LogP contribution in [0.4, 0.5) is 0 Å². The standard InChI is InChI=1S/C9H13NO4.C8H14NO6P.C8H19O2P/c1-5-6(2)9(14)10(8(5)13)4-3-7(11)12;1-5-6(2)8(11)9(7(5)10)3-4-15-16(12,13)14;1-7(2)8(3,4)6-11(5,9)10/h5-6H,3-4H2,1-2H3,(H,11,12);5-6H,3-4H2,1-2H3,(H2,12,13,14);7H,6H2,1-5H3,(H,9,10). The third-order valence-corrected chi connectivity index (χ3v) is 9.43. The van der Waals surface area contributed by atoms with Crippen LogP contribution in [-0.2, 0) is 37.6 Å². The van der Waals surface area contributed by atoms with Gasteiger partial charge in [-0.05, 0) is 11.3 Å². The Morgan fingerprint density at radius 1 is 0.829 bits per heavy atom. The predicted octanol–water partition coefficient (Wildman–Crippen LogP) is 2.41. The van der Waals surface area contributed by atoms with Crippen LogP contribution in [0, 0.1) is 35.0 Å². The maximum absolute atomic E-state index is 11.5. The van der Waals surface area contributed by atoms with E-state index < -0.39 is 21.2 Å². The molecule has 4 N–H and O–H groups in total. The van der Waals surface area contributed by atoms with Crippen molar-refractivity contribution in [3.8, 4) is 0 Å². The maximum atomic E-state index is 11.5. The van der Waals surface area contributed by atoms with Gasteiger partial charge in [-0.2, -0.15) is 0 Å². The summed E-state index contributed by atoms with van der Waals surface area (Å²) >= 11 is 0. The van der Waals surface area contributed by atoms with Crippen molar-refractivity contribution in [1.82, 2.24) is 9.80 Å². The highest BCUT2D eigenvalue weighted by Gasteiger charge is 2.43. The number of hydrogen-bond acceptors (Lipinski definition) is 8.